The molecule has 0 spiro atoms. The topological polar surface area (TPSA) is 40.1 Å². The summed E-state index contributed by atoms with van der Waals surface area (Å²) in [7, 11) is 0. The van der Waals surface area contributed by atoms with Crippen LogP contribution in [-0.4, -0.2) is 11.3 Å². The van der Waals surface area contributed by atoms with Crippen molar-refractivity contribution in [3.05, 3.63) is 0 Å². The second kappa shape index (κ2) is 4.91. The third-order valence-corrected chi connectivity index (χ3v) is 0.503. The van der Waals surface area contributed by atoms with Crippen LogP contribution in [0.1, 0.15) is 6.92 Å². The average molecular weight is 131 g/mol. The van der Waals surface area contributed by atoms with Crippen LogP contribution in [0.2, 0.25) is 0 Å². The molecular weight excluding hydrogens is 126 g/mol. The Hall–Kier alpha value is 0.760. The van der Waals surface area contributed by atoms with Gasteiger partial charge >= 0.3 is 29.6 Å². The van der Waals surface area contributed by atoms with Crippen molar-refractivity contribution in [3.63, 3.8) is 0 Å². The molecule has 2 nitrogen and oxygen atoms in total. The summed E-state index contributed by atoms with van der Waals surface area (Å²) >= 11 is 4.95. The second-order valence-corrected chi connectivity index (χ2v) is 1.59. The maximum Gasteiger partial charge on any atom is 1.00 e. The van der Waals surface area contributed by atoms with E-state index in [1.807, 2.05) is 0 Å². The van der Waals surface area contributed by atoms with Gasteiger partial charge in [-0.15, -0.1) is 11.6 Å². The van der Waals surface area contributed by atoms with Crippen molar-refractivity contribution < 1.29 is 39.5 Å². The van der Waals surface area contributed by atoms with E-state index in [4.69, 9.17) is 11.6 Å². The van der Waals surface area contributed by atoms with Gasteiger partial charge in [0.2, 0.25) is 0 Å². The van der Waals surface area contributed by atoms with Crippen LogP contribution in [0.25, 0.3) is 0 Å². The number of carboxylic acid groups (broad SMARTS) is 1. The van der Waals surface area contributed by atoms with Crippen LogP contribution in [0.5, 0.6) is 0 Å². The number of rotatable bonds is 1. The predicted molar refractivity (Wildman–Crippen MR) is 20.3 cm³/mol. The Balaban J connectivity index is 0. The number of carbonyl (C=O) groups excluding carboxylic acids is 1. The van der Waals surface area contributed by atoms with Crippen LogP contribution in [0, 0.1) is 0 Å². The van der Waals surface area contributed by atoms with E-state index in [1.165, 1.54) is 6.92 Å². The number of halogens is 1. The van der Waals surface area contributed by atoms with Gasteiger partial charge in [0, 0.05) is 0 Å². The Bertz CT molecular complexity index is 64.0. The molecule has 0 rings (SSSR count). The Morgan fingerprint density at radius 2 is 2.00 bits per heavy atom. The normalized spacial score (nSPS) is 11.7. The first-order valence-electron chi connectivity index (χ1n) is 1.49. The predicted octanol–water partition coefficient (Wildman–Crippen LogP) is -3.63. The number of hydrogen-bond acceptors (Lipinski definition) is 2. The molecule has 0 saturated heterocycles. The first kappa shape index (κ1) is 10.7. The molecule has 0 amide bonds. The molecule has 1 atom stereocenters. The van der Waals surface area contributed by atoms with Crippen molar-refractivity contribution in [2.45, 2.75) is 12.3 Å². The van der Waals surface area contributed by atoms with Crippen molar-refractivity contribution in [3.8, 4) is 0 Å². The average Bonchev–Trinajstić information content (AvgIpc) is 1.36. The first-order valence-corrected chi connectivity index (χ1v) is 1.93. The monoisotopic (exact) mass is 130 g/mol. The summed E-state index contributed by atoms with van der Waals surface area (Å²) in [5.41, 5.74) is 0. The minimum Gasteiger partial charge on any atom is -0.549 e. The summed E-state index contributed by atoms with van der Waals surface area (Å²) in [6.07, 6.45) is 0. The van der Waals surface area contributed by atoms with Gasteiger partial charge in [-0.05, 0) is 6.92 Å². The number of aliphatic carboxylic acids is 1. The molecule has 0 bridgehead atoms. The zero-order valence-corrected chi connectivity index (χ0v) is 7.03. The van der Waals surface area contributed by atoms with E-state index < -0.39 is 11.3 Å². The number of carbonyl (C=O) groups is 1. The summed E-state index contributed by atoms with van der Waals surface area (Å²) in [5, 5.41) is 8.59. The Morgan fingerprint density at radius 1 is 1.86 bits per heavy atom. The number of alkyl halides is 1. The largest absolute Gasteiger partial charge is 1.00 e. The summed E-state index contributed by atoms with van der Waals surface area (Å²) in [5.74, 6) is -1.23. The maximum absolute atomic E-state index is 9.46. The fraction of sp³-hybridized carbons (Fsp3) is 0.667. The molecular formula is C3H4ClNaO2. The SMILES string of the molecule is C[C@H](Cl)C(=O)[O-].[Na+]. The zero-order chi connectivity index (χ0) is 5.15. The third kappa shape index (κ3) is 6.76. The van der Waals surface area contributed by atoms with Gasteiger partial charge in [0.1, 0.15) is 0 Å². The molecule has 36 valence electrons. The van der Waals surface area contributed by atoms with Crippen LogP contribution in [-0.2, 0) is 4.79 Å². The van der Waals surface area contributed by atoms with E-state index in [2.05, 4.69) is 0 Å². The van der Waals surface area contributed by atoms with Gasteiger partial charge in [0.05, 0.1) is 11.3 Å². The van der Waals surface area contributed by atoms with E-state index in [0.717, 1.165) is 0 Å². The van der Waals surface area contributed by atoms with E-state index in [9.17, 15) is 9.90 Å². The van der Waals surface area contributed by atoms with Gasteiger partial charge in [-0.25, -0.2) is 0 Å². The molecule has 0 saturated carbocycles. The summed E-state index contributed by atoms with van der Waals surface area (Å²) in [6.45, 7) is 1.34. The number of hydrogen-bond donors (Lipinski definition) is 0. The third-order valence-electron chi connectivity index (χ3n) is 0.325. The summed E-state index contributed by atoms with van der Waals surface area (Å²) < 4.78 is 0. The van der Waals surface area contributed by atoms with Crippen molar-refractivity contribution in [1.29, 1.82) is 0 Å². The minimum atomic E-state index is -1.23. The molecule has 7 heavy (non-hydrogen) atoms. The van der Waals surface area contributed by atoms with Crippen molar-refractivity contribution in [1.82, 2.24) is 0 Å². The molecule has 0 aromatic rings. The van der Waals surface area contributed by atoms with Crippen molar-refractivity contribution in [2.75, 3.05) is 0 Å². The van der Waals surface area contributed by atoms with Gasteiger partial charge in [-0.1, -0.05) is 0 Å². The van der Waals surface area contributed by atoms with Gasteiger partial charge in [-0.2, -0.15) is 0 Å². The number of carboxylic acids is 1. The second-order valence-electron chi connectivity index (χ2n) is 0.935. The summed E-state index contributed by atoms with van der Waals surface area (Å²) in [4.78, 5) is 9.46. The van der Waals surface area contributed by atoms with E-state index in [-0.39, 0.29) is 29.6 Å². The fourth-order valence-corrected chi connectivity index (χ4v) is 0. The van der Waals surface area contributed by atoms with Crippen LogP contribution in [0.15, 0.2) is 0 Å². The molecule has 0 fully saturated rings. The molecule has 0 unspecified atom stereocenters. The molecule has 0 aromatic heterocycles. The van der Waals surface area contributed by atoms with Crippen molar-refractivity contribution in [2.24, 2.45) is 0 Å². The first-order chi connectivity index (χ1) is 2.64. The van der Waals surface area contributed by atoms with Gasteiger partial charge in [0.15, 0.2) is 0 Å². The molecule has 0 radical (unpaired) electrons. The molecule has 0 aliphatic rings. The zero-order valence-electron chi connectivity index (χ0n) is 4.27. The maximum atomic E-state index is 9.46. The molecule has 0 aliphatic carbocycles. The molecule has 0 aliphatic heterocycles. The van der Waals surface area contributed by atoms with Crippen LogP contribution < -0.4 is 34.7 Å². The van der Waals surface area contributed by atoms with Crippen LogP contribution in [0.3, 0.4) is 0 Å². The fourth-order valence-electron chi connectivity index (χ4n) is 0. The minimum absolute atomic E-state index is 0. The molecule has 0 heterocycles. The molecule has 0 N–H and O–H groups in total. The van der Waals surface area contributed by atoms with Crippen LogP contribution >= 0.6 is 11.6 Å². The van der Waals surface area contributed by atoms with E-state index in [1.54, 1.807) is 0 Å². The van der Waals surface area contributed by atoms with E-state index >= 15 is 0 Å². The molecule has 4 heteroatoms. The Labute approximate surface area is 69.1 Å². The standard InChI is InChI=1S/C3H5ClO2.Na/c1-2(4)3(5)6;/h2H,1H3,(H,5,6);/q;+1/p-1/t2-;/m0./s1. The van der Waals surface area contributed by atoms with Crippen LogP contribution in [0.4, 0.5) is 0 Å². The van der Waals surface area contributed by atoms with E-state index in [0.29, 0.717) is 0 Å². The summed E-state index contributed by atoms with van der Waals surface area (Å²) in [6, 6.07) is 0. The van der Waals surface area contributed by atoms with Gasteiger partial charge in [-0.3, -0.25) is 0 Å². The van der Waals surface area contributed by atoms with Gasteiger partial charge < -0.3 is 9.90 Å². The molecule has 0 aromatic carbocycles. The van der Waals surface area contributed by atoms with Crippen molar-refractivity contribution >= 4 is 17.6 Å². The van der Waals surface area contributed by atoms with Gasteiger partial charge in [0.25, 0.3) is 0 Å². The smallest absolute Gasteiger partial charge is 0.549 e. The Kier molecular flexibility index (Phi) is 7.49. The quantitative estimate of drug-likeness (QED) is 0.272. The Morgan fingerprint density at radius 3 is 2.00 bits per heavy atom.